The van der Waals surface area contributed by atoms with Crippen LogP contribution >= 0.6 is 7.92 Å². The number of benzene rings is 18. The van der Waals surface area contributed by atoms with Crippen LogP contribution in [0, 0.1) is 6.92 Å². The summed E-state index contributed by atoms with van der Waals surface area (Å²) in [6.45, 7) is 2.23. The van der Waals surface area contributed by atoms with E-state index in [2.05, 4.69) is 426 Å². The summed E-state index contributed by atoms with van der Waals surface area (Å²) in [6.07, 6.45) is 14.4. The van der Waals surface area contributed by atoms with Gasteiger partial charge in [0, 0.05) is 76.7 Å². The van der Waals surface area contributed by atoms with Crippen LogP contribution in [0.25, 0.3) is 204 Å². The molecule has 18 aromatic carbocycles. The van der Waals surface area contributed by atoms with Gasteiger partial charge in [0.15, 0.2) is 0 Å². The number of hydrogen-bond donors (Lipinski definition) is 1. The topological polar surface area (TPSA) is 39.8 Å². The van der Waals surface area contributed by atoms with Crippen LogP contribution in [-0.4, -0.2) is 45.0 Å². The predicted octanol–water partition coefficient (Wildman–Crippen LogP) is 32.2. The molecule has 1 N–H and O–H groups in total. The Morgan fingerprint density at radius 3 is 1.05 bits per heavy atom. The number of aromatic amines is 1. The fourth-order valence-electron chi connectivity index (χ4n) is 22.2. The van der Waals surface area contributed by atoms with E-state index in [1.54, 1.807) is 5.30 Å². The van der Waals surface area contributed by atoms with E-state index in [-0.39, 0.29) is 7.92 Å². The highest BCUT2D eigenvalue weighted by Gasteiger charge is 2.35. The van der Waals surface area contributed by atoms with Crippen LogP contribution in [0.3, 0.4) is 0 Å². The van der Waals surface area contributed by atoms with Crippen LogP contribution in [0.5, 0.6) is 5.75 Å². The quantitative estimate of drug-likeness (QED) is 0.120. The van der Waals surface area contributed by atoms with E-state index in [4.69, 9.17) is 12.6 Å². The van der Waals surface area contributed by atoms with E-state index < -0.39 is 0 Å². The Hall–Kier alpha value is -14.5. The van der Waals surface area contributed by atoms with E-state index in [0.29, 0.717) is 0 Å². The van der Waals surface area contributed by atoms with Gasteiger partial charge in [0.2, 0.25) is 0 Å². The molecule has 0 saturated heterocycles. The van der Waals surface area contributed by atoms with Crippen molar-refractivity contribution in [1.29, 1.82) is 0 Å². The third kappa shape index (κ3) is 13.9. The summed E-state index contributed by atoms with van der Waals surface area (Å²) < 4.78 is 13.1. The maximum atomic E-state index is 6.14. The third-order valence-corrected chi connectivity index (χ3v) is 31.4. The van der Waals surface area contributed by atoms with Gasteiger partial charge in [0.25, 0.3) is 0 Å². The number of H-pyrrole nitrogens is 1. The van der Waals surface area contributed by atoms with E-state index in [9.17, 15) is 0 Å². The minimum Gasteiger partial charge on any atom is -0.496 e. The van der Waals surface area contributed by atoms with Gasteiger partial charge in [-0.2, -0.15) is 0 Å². The van der Waals surface area contributed by atoms with Gasteiger partial charge < -0.3 is 23.4 Å². The molecular formula is C122H96BN4OP. The molecule has 4 aliphatic carbocycles. The summed E-state index contributed by atoms with van der Waals surface area (Å²) in [5.74, 6) is 1.02. The number of hydrogen-bond acceptors (Lipinski definition) is 1. The molecule has 4 aliphatic rings. The van der Waals surface area contributed by atoms with Crippen molar-refractivity contribution < 1.29 is 4.74 Å². The largest absolute Gasteiger partial charge is 0.496 e. The minimum atomic E-state index is -0.122. The Balaban J connectivity index is 0.000000104. The number of aromatic nitrogens is 4. The van der Waals surface area contributed by atoms with Gasteiger partial charge in [0.05, 0.1) is 40.2 Å². The van der Waals surface area contributed by atoms with Crippen molar-refractivity contribution in [3.8, 4) is 123 Å². The summed E-state index contributed by atoms with van der Waals surface area (Å²) in [7, 11) is 7.83. The minimum absolute atomic E-state index is 0.122. The normalized spacial score (nSPS) is 13.4. The van der Waals surface area contributed by atoms with Gasteiger partial charge in [-0.05, 0) is 240 Å². The van der Waals surface area contributed by atoms with Crippen LogP contribution in [0.1, 0.15) is 69.8 Å². The standard InChI is InChI=1S/C48H30N2.C26H35OP.C24H15B.C24H16N2/c1-2-14-31(15-3-1)49-43-24-12-10-22-40(43)47-45(49)28-29-46-48(47)41-23-11-13-25-44(41)50(46)32-26-27-39-37-20-7-6-18-35(37)33-16-4-5-17-34(33)36-19-8-9-21-38(36)42(39)30-32;1-20-12-11-18-24(27-2)26(20)23-17-9-10-19-25(23)28(21-13-5-3-6-14-21)22-15-7-4-8-16-22;25-16-13-14-23-21-11-4-3-9-19(21)17-7-1-2-8-18(17)20-10-5-6-12-22(20)24(23)15-16;1-2-8-16(9-3-1)26-21-13-7-5-11-18(21)24-22(26)15-14-20-23(24)17-10-4-6-12-19(17)25-20/h1-30H;9-12,17-19,21-22H,3-8,13-16H2,1-2H3;1-15H;1-15,25H. The second-order valence-electron chi connectivity index (χ2n) is 35.1. The Morgan fingerprint density at radius 2 is 0.605 bits per heavy atom. The van der Waals surface area contributed by atoms with Gasteiger partial charge in [-0.3, -0.25) is 0 Å². The Kier molecular flexibility index (Phi) is 20.8. The molecule has 26 rings (SSSR count). The van der Waals surface area contributed by atoms with Crippen molar-refractivity contribution in [2.75, 3.05) is 7.11 Å². The monoisotopic (exact) mass is 1670 g/mol. The molecule has 618 valence electrons. The average Bonchev–Trinajstić information content (AvgIpc) is 1.46. The molecule has 0 unspecified atom stereocenters. The molecule has 2 saturated carbocycles. The number of fused-ring (bicyclic) bond motifs is 30. The first-order valence-corrected chi connectivity index (χ1v) is 47.5. The SMILES string of the molecule is COc1cccc(C)c1-c1ccccc1P(C1CCCCC1)C1CCCCC1.[B]c1ccc2c(c1)-c1ccccc1-c1ccccc1-c1ccccc1-2.c1ccc(-n2c3ccccc3c3c4c(ccc32)[nH]c2ccccc24)cc1.c1ccc(-n2c3ccccc3c3c4c5ccccc5n(-c5ccc6c(c5)-c5ccccc5-c5ccccc5-c5ccccc5-6)c4ccc32)cc1. The zero-order valence-electron chi connectivity index (χ0n) is 72.7. The predicted molar refractivity (Wildman–Crippen MR) is 551 cm³/mol. The molecule has 2 fully saturated rings. The zero-order chi connectivity index (χ0) is 86.0. The van der Waals surface area contributed by atoms with Gasteiger partial charge in [-0.25, -0.2) is 0 Å². The molecule has 0 spiro atoms. The summed E-state index contributed by atoms with van der Waals surface area (Å²) in [5, 5.41) is 12.0. The number of rotatable bonds is 8. The van der Waals surface area contributed by atoms with Crippen LogP contribution in [0.15, 0.2) is 406 Å². The molecule has 0 bridgehead atoms. The van der Waals surface area contributed by atoms with Gasteiger partial charge in [0.1, 0.15) is 13.6 Å². The molecule has 0 aliphatic heterocycles. The summed E-state index contributed by atoms with van der Waals surface area (Å²) in [4.78, 5) is 3.57. The maximum absolute atomic E-state index is 6.14. The first-order valence-electron chi connectivity index (χ1n) is 46.0. The Bertz CT molecular complexity index is 8020. The summed E-state index contributed by atoms with van der Waals surface area (Å²) >= 11 is 0. The van der Waals surface area contributed by atoms with Gasteiger partial charge in [-0.15, -0.1) is 0 Å². The molecule has 7 heteroatoms. The molecule has 22 aromatic rings. The second-order valence-corrected chi connectivity index (χ2v) is 37.9. The van der Waals surface area contributed by atoms with Crippen LogP contribution in [0.2, 0.25) is 0 Å². The molecule has 5 nitrogen and oxygen atoms in total. The number of para-hydroxylation sites is 6. The van der Waals surface area contributed by atoms with Gasteiger partial charge in [-0.1, -0.05) is 367 Å². The second kappa shape index (κ2) is 34.0. The molecule has 0 amide bonds. The van der Waals surface area contributed by atoms with E-state index in [1.165, 1.54) is 269 Å². The van der Waals surface area contributed by atoms with E-state index >= 15 is 0 Å². The summed E-state index contributed by atoms with van der Waals surface area (Å²) in [6, 6.07) is 147. The lowest BCUT2D eigenvalue weighted by molar-refractivity contribution is 0.416. The number of nitrogens with one attached hydrogen (secondary N) is 1. The fourth-order valence-corrected chi connectivity index (χ4v) is 26.2. The third-order valence-electron chi connectivity index (χ3n) is 27.8. The van der Waals surface area contributed by atoms with Crippen molar-refractivity contribution in [2.45, 2.75) is 82.4 Å². The fraction of sp³-hybridized carbons (Fsp3) is 0.115. The molecule has 4 heterocycles. The first kappa shape index (κ1) is 79.1. The van der Waals surface area contributed by atoms with Crippen molar-refractivity contribution in [3.05, 3.63) is 412 Å². The number of methoxy groups -OCH3 is 1. The molecule has 2 radical (unpaired) electrons. The first-order chi connectivity index (χ1) is 63.9. The maximum Gasteiger partial charge on any atom is 0.126 e. The highest BCUT2D eigenvalue weighted by molar-refractivity contribution is 7.67. The number of ether oxygens (including phenoxy) is 1. The molecule has 129 heavy (non-hydrogen) atoms. The average molecular weight is 1680 g/mol. The Morgan fingerprint density at radius 1 is 0.264 bits per heavy atom. The number of aryl methyl sites for hydroxylation is 1. The Labute approximate surface area is 756 Å². The molecule has 0 atom stereocenters. The lowest BCUT2D eigenvalue weighted by atomic mass is 9.79. The lowest BCUT2D eigenvalue weighted by Gasteiger charge is -2.39. The van der Waals surface area contributed by atoms with Crippen molar-refractivity contribution in [1.82, 2.24) is 18.7 Å². The lowest BCUT2D eigenvalue weighted by Crippen LogP contribution is -2.27. The van der Waals surface area contributed by atoms with E-state index in [1.807, 2.05) is 13.2 Å². The smallest absolute Gasteiger partial charge is 0.126 e. The van der Waals surface area contributed by atoms with Crippen LogP contribution < -0.4 is 15.5 Å². The number of nitrogens with zero attached hydrogens (tertiary/aromatic N) is 3. The van der Waals surface area contributed by atoms with Crippen molar-refractivity contribution >= 4 is 114 Å². The van der Waals surface area contributed by atoms with Gasteiger partial charge >= 0.3 is 0 Å². The van der Waals surface area contributed by atoms with Crippen molar-refractivity contribution in [3.63, 3.8) is 0 Å². The highest BCUT2D eigenvalue weighted by Crippen LogP contribution is 2.58. The molecule has 4 aromatic heterocycles. The van der Waals surface area contributed by atoms with E-state index in [0.717, 1.165) is 28.2 Å². The molecular weight excluding hydrogens is 1580 g/mol. The zero-order valence-corrected chi connectivity index (χ0v) is 73.6. The van der Waals surface area contributed by atoms with Crippen molar-refractivity contribution in [2.24, 2.45) is 0 Å². The van der Waals surface area contributed by atoms with Crippen LogP contribution in [0.4, 0.5) is 0 Å². The summed E-state index contributed by atoms with van der Waals surface area (Å²) in [5.41, 5.74) is 40.0. The highest BCUT2D eigenvalue weighted by atomic mass is 31.1. The van der Waals surface area contributed by atoms with Crippen LogP contribution in [-0.2, 0) is 0 Å².